The molecule has 14 heavy (non-hydrogen) atoms. The van der Waals surface area contributed by atoms with Gasteiger partial charge < -0.3 is 15.5 Å². The molecular weight excluding hydrogens is 178 g/mol. The molecule has 0 aromatic heterocycles. The lowest BCUT2D eigenvalue weighted by atomic mass is 9.92. The van der Waals surface area contributed by atoms with E-state index in [2.05, 4.69) is 12.2 Å². The van der Waals surface area contributed by atoms with Crippen molar-refractivity contribution in [3.63, 3.8) is 0 Å². The van der Waals surface area contributed by atoms with E-state index < -0.39 is 0 Å². The number of hydrogen-bond acceptors (Lipinski definition) is 3. The highest BCUT2D eigenvalue weighted by atomic mass is 16.3. The van der Waals surface area contributed by atoms with Crippen molar-refractivity contribution in [2.24, 2.45) is 5.92 Å². The molecule has 1 aliphatic carbocycles. The molecule has 0 amide bonds. The lowest BCUT2D eigenvalue weighted by Crippen LogP contribution is -2.43. The van der Waals surface area contributed by atoms with Crippen molar-refractivity contribution in [1.82, 2.24) is 5.32 Å². The van der Waals surface area contributed by atoms with Crippen LogP contribution in [0.3, 0.4) is 0 Å². The Labute approximate surface area is 86.5 Å². The highest BCUT2D eigenvalue weighted by Gasteiger charge is 2.22. The van der Waals surface area contributed by atoms with Crippen LogP contribution in [0.4, 0.5) is 0 Å². The van der Waals surface area contributed by atoms with Gasteiger partial charge in [0.25, 0.3) is 0 Å². The Balaban J connectivity index is 2.15. The van der Waals surface area contributed by atoms with Gasteiger partial charge in [-0.25, -0.2) is 0 Å². The fraction of sp³-hybridized carbons (Fsp3) is 1.00. The van der Waals surface area contributed by atoms with E-state index >= 15 is 0 Å². The van der Waals surface area contributed by atoms with Crippen molar-refractivity contribution in [2.75, 3.05) is 13.2 Å². The summed E-state index contributed by atoms with van der Waals surface area (Å²) in [6.45, 7) is 3.29. The molecule has 3 N–H and O–H groups in total. The topological polar surface area (TPSA) is 52.5 Å². The Morgan fingerprint density at radius 1 is 1.36 bits per heavy atom. The maximum absolute atomic E-state index is 9.70. The lowest BCUT2D eigenvalue weighted by molar-refractivity contribution is 0.0885. The first-order valence-corrected chi connectivity index (χ1v) is 5.76. The molecule has 0 heterocycles. The van der Waals surface area contributed by atoms with Crippen molar-refractivity contribution in [2.45, 2.75) is 51.2 Å². The van der Waals surface area contributed by atoms with Crippen LogP contribution in [0.5, 0.6) is 0 Å². The van der Waals surface area contributed by atoms with Gasteiger partial charge in [0.2, 0.25) is 0 Å². The predicted octanol–water partition coefficient (Wildman–Crippen LogP) is 0.898. The van der Waals surface area contributed by atoms with Gasteiger partial charge in [0, 0.05) is 12.6 Å². The third-order valence-electron chi connectivity index (χ3n) is 3.08. The Hall–Kier alpha value is -0.120. The van der Waals surface area contributed by atoms with Gasteiger partial charge in [-0.15, -0.1) is 0 Å². The van der Waals surface area contributed by atoms with Gasteiger partial charge in [0.05, 0.1) is 6.10 Å². The second-order valence-corrected chi connectivity index (χ2v) is 4.48. The summed E-state index contributed by atoms with van der Waals surface area (Å²) < 4.78 is 0. The number of aliphatic hydroxyl groups excluding tert-OH is 2. The van der Waals surface area contributed by atoms with E-state index in [1.807, 2.05) is 0 Å². The van der Waals surface area contributed by atoms with Crippen molar-refractivity contribution < 1.29 is 10.2 Å². The summed E-state index contributed by atoms with van der Waals surface area (Å²) in [4.78, 5) is 0. The first kappa shape index (κ1) is 12.0. The molecule has 3 nitrogen and oxygen atoms in total. The van der Waals surface area contributed by atoms with Gasteiger partial charge in [0.15, 0.2) is 0 Å². The summed E-state index contributed by atoms with van der Waals surface area (Å²) in [5, 5.41) is 21.8. The van der Waals surface area contributed by atoms with Crippen LogP contribution in [0.1, 0.15) is 39.0 Å². The van der Waals surface area contributed by atoms with Crippen molar-refractivity contribution >= 4 is 0 Å². The molecule has 3 heteroatoms. The standard InChI is InChI=1S/C11H23NO2/c1-9(6-7-13)8-12-10-4-2-3-5-11(10)14/h9-14H,2-8H2,1H3. The minimum Gasteiger partial charge on any atom is -0.396 e. The van der Waals surface area contributed by atoms with Gasteiger partial charge in [0.1, 0.15) is 0 Å². The molecule has 1 fully saturated rings. The van der Waals surface area contributed by atoms with Crippen LogP contribution in [-0.4, -0.2) is 35.5 Å². The van der Waals surface area contributed by atoms with Crippen molar-refractivity contribution in [1.29, 1.82) is 0 Å². The molecule has 1 saturated carbocycles. The minimum absolute atomic E-state index is 0.162. The molecule has 1 aliphatic rings. The van der Waals surface area contributed by atoms with E-state index in [1.165, 1.54) is 6.42 Å². The van der Waals surface area contributed by atoms with Gasteiger partial charge >= 0.3 is 0 Å². The van der Waals surface area contributed by atoms with Crippen LogP contribution >= 0.6 is 0 Å². The van der Waals surface area contributed by atoms with Gasteiger partial charge in [-0.1, -0.05) is 19.8 Å². The van der Waals surface area contributed by atoms with Crippen LogP contribution < -0.4 is 5.32 Å². The fourth-order valence-electron chi connectivity index (χ4n) is 2.02. The largest absolute Gasteiger partial charge is 0.396 e. The first-order valence-electron chi connectivity index (χ1n) is 5.76. The van der Waals surface area contributed by atoms with Gasteiger partial charge in [-0.05, 0) is 31.7 Å². The molecule has 84 valence electrons. The second kappa shape index (κ2) is 6.38. The van der Waals surface area contributed by atoms with E-state index in [4.69, 9.17) is 5.11 Å². The Morgan fingerprint density at radius 2 is 2.07 bits per heavy atom. The zero-order valence-electron chi connectivity index (χ0n) is 9.08. The molecular formula is C11H23NO2. The second-order valence-electron chi connectivity index (χ2n) is 4.48. The Bertz CT molecular complexity index is 152. The molecule has 3 atom stereocenters. The number of rotatable bonds is 5. The zero-order valence-corrected chi connectivity index (χ0v) is 9.08. The highest BCUT2D eigenvalue weighted by Crippen LogP contribution is 2.18. The molecule has 0 saturated heterocycles. The quantitative estimate of drug-likeness (QED) is 0.619. The average Bonchev–Trinajstić information content (AvgIpc) is 2.17. The molecule has 0 spiro atoms. The minimum atomic E-state index is -0.162. The number of aliphatic hydroxyl groups is 2. The summed E-state index contributed by atoms with van der Waals surface area (Å²) in [5.41, 5.74) is 0. The summed E-state index contributed by atoms with van der Waals surface area (Å²) in [6.07, 6.45) is 5.09. The third kappa shape index (κ3) is 3.95. The zero-order chi connectivity index (χ0) is 10.4. The molecule has 0 radical (unpaired) electrons. The summed E-state index contributed by atoms with van der Waals surface area (Å²) in [6, 6.07) is 0.282. The number of nitrogens with one attached hydrogen (secondary N) is 1. The lowest BCUT2D eigenvalue weighted by Gasteiger charge is -2.29. The first-order chi connectivity index (χ1) is 6.74. The molecule has 0 aromatic carbocycles. The van der Waals surface area contributed by atoms with Crippen LogP contribution in [0.25, 0.3) is 0 Å². The van der Waals surface area contributed by atoms with E-state index in [0.29, 0.717) is 5.92 Å². The monoisotopic (exact) mass is 201 g/mol. The van der Waals surface area contributed by atoms with Crippen molar-refractivity contribution in [3.05, 3.63) is 0 Å². The fourth-order valence-corrected chi connectivity index (χ4v) is 2.02. The normalized spacial score (nSPS) is 30.2. The maximum atomic E-state index is 9.70. The highest BCUT2D eigenvalue weighted by molar-refractivity contribution is 4.80. The predicted molar refractivity (Wildman–Crippen MR) is 57.1 cm³/mol. The molecule has 0 bridgehead atoms. The van der Waals surface area contributed by atoms with Gasteiger partial charge in [-0.3, -0.25) is 0 Å². The third-order valence-corrected chi connectivity index (χ3v) is 3.08. The van der Waals surface area contributed by atoms with E-state index in [9.17, 15) is 5.11 Å². The van der Waals surface area contributed by atoms with Crippen LogP contribution in [-0.2, 0) is 0 Å². The van der Waals surface area contributed by atoms with Crippen LogP contribution in [0.2, 0.25) is 0 Å². The SMILES string of the molecule is CC(CCO)CNC1CCCCC1O. The van der Waals surface area contributed by atoms with E-state index in [-0.39, 0.29) is 18.8 Å². The Morgan fingerprint density at radius 3 is 2.71 bits per heavy atom. The average molecular weight is 201 g/mol. The van der Waals surface area contributed by atoms with E-state index in [1.54, 1.807) is 0 Å². The van der Waals surface area contributed by atoms with Crippen LogP contribution in [0, 0.1) is 5.92 Å². The molecule has 0 aromatic rings. The van der Waals surface area contributed by atoms with Crippen LogP contribution in [0.15, 0.2) is 0 Å². The van der Waals surface area contributed by atoms with Gasteiger partial charge in [-0.2, -0.15) is 0 Å². The van der Waals surface area contributed by atoms with Crippen molar-refractivity contribution in [3.8, 4) is 0 Å². The smallest absolute Gasteiger partial charge is 0.0693 e. The number of hydrogen-bond donors (Lipinski definition) is 3. The Kier molecular flexibility index (Phi) is 5.45. The molecule has 0 aliphatic heterocycles. The van der Waals surface area contributed by atoms with E-state index in [0.717, 1.165) is 32.2 Å². The molecule has 3 unspecified atom stereocenters. The molecule has 1 rings (SSSR count). The summed E-state index contributed by atoms with van der Waals surface area (Å²) in [7, 11) is 0. The summed E-state index contributed by atoms with van der Waals surface area (Å²) in [5.74, 6) is 0.495. The summed E-state index contributed by atoms with van der Waals surface area (Å²) >= 11 is 0. The maximum Gasteiger partial charge on any atom is 0.0693 e.